The van der Waals surface area contributed by atoms with Gasteiger partial charge in [-0.05, 0) is 18.8 Å². The van der Waals surface area contributed by atoms with Gasteiger partial charge in [-0.25, -0.2) is 18.1 Å². The van der Waals surface area contributed by atoms with Crippen LogP contribution in [0.15, 0.2) is 11.2 Å². The van der Waals surface area contributed by atoms with E-state index in [0.29, 0.717) is 12.2 Å². The van der Waals surface area contributed by atoms with Gasteiger partial charge < -0.3 is 10.1 Å². The molecule has 7 nitrogen and oxygen atoms in total. The van der Waals surface area contributed by atoms with Crippen LogP contribution >= 0.6 is 0 Å². The topological polar surface area (TPSA) is 112 Å². The number of hydrogen-bond acceptors (Lipinski definition) is 4. The number of hydrogen-bond donors (Lipinski definition) is 3. The zero-order valence-electron chi connectivity index (χ0n) is 10.6. The fourth-order valence-electron chi connectivity index (χ4n) is 1.91. The Morgan fingerprint density at radius 2 is 2.32 bits per heavy atom. The summed E-state index contributed by atoms with van der Waals surface area (Å²) in [5.74, 6) is -0.292. The van der Waals surface area contributed by atoms with E-state index in [1.54, 1.807) is 0 Å². The number of rotatable bonds is 7. The monoisotopic (exact) mass is 287 g/mol. The number of nitrogens with zero attached hydrogens (tertiary/aromatic N) is 1. The van der Waals surface area contributed by atoms with Crippen LogP contribution in [0.5, 0.6) is 0 Å². The standard InChI is InChI=1S/C11H17N3O4S/c1-2-9-12-6-10(13-9)19(17,18)14-8(5-11(15)16)7-3-4-7/h6-8,14H,2-5H2,1H3,(H,12,13)(H,15,16). The summed E-state index contributed by atoms with van der Waals surface area (Å²) < 4.78 is 26.7. The lowest BCUT2D eigenvalue weighted by Gasteiger charge is -2.15. The van der Waals surface area contributed by atoms with Gasteiger partial charge in [-0.3, -0.25) is 4.79 Å². The van der Waals surface area contributed by atoms with Gasteiger partial charge in [0.15, 0.2) is 5.03 Å². The molecule has 1 saturated carbocycles. The molecule has 0 spiro atoms. The number of aryl methyl sites for hydroxylation is 1. The van der Waals surface area contributed by atoms with Crippen molar-refractivity contribution in [1.29, 1.82) is 0 Å². The summed E-state index contributed by atoms with van der Waals surface area (Å²) in [6.07, 6.45) is 3.40. The number of carbonyl (C=O) groups is 1. The maximum atomic E-state index is 12.1. The van der Waals surface area contributed by atoms with Gasteiger partial charge in [0, 0.05) is 12.5 Å². The minimum Gasteiger partial charge on any atom is -0.481 e. The Morgan fingerprint density at radius 3 is 2.79 bits per heavy atom. The first-order chi connectivity index (χ1) is 8.92. The van der Waals surface area contributed by atoms with Crippen molar-refractivity contribution in [2.24, 2.45) is 5.92 Å². The quantitative estimate of drug-likeness (QED) is 0.676. The average Bonchev–Trinajstić information content (AvgIpc) is 3.04. The number of sulfonamides is 1. The maximum Gasteiger partial charge on any atom is 0.304 e. The van der Waals surface area contributed by atoms with Gasteiger partial charge in [0.1, 0.15) is 5.82 Å². The summed E-state index contributed by atoms with van der Waals surface area (Å²) in [6, 6.07) is -0.545. The molecule has 1 unspecified atom stereocenters. The highest BCUT2D eigenvalue weighted by atomic mass is 32.2. The maximum absolute atomic E-state index is 12.1. The molecule has 0 aliphatic heterocycles. The Hall–Kier alpha value is -1.41. The van der Waals surface area contributed by atoms with Gasteiger partial charge in [-0.2, -0.15) is 0 Å². The van der Waals surface area contributed by atoms with Crippen LogP contribution < -0.4 is 4.72 Å². The molecular formula is C11H17N3O4S. The summed E-state index contributed by atoms with van der Waals surface area (Å²) in [4.78, 5) is 17.4. The lowest BCUT2D eigenvalue weighted by molar-refractivity contribution is -0.137. The smallest absolute Gasteiger partial charge is 0.304 e. The summed E-state index contributed by atoms with van der Waals surface area (Å²) >= 11 is 0. The third kappa shape index (κ3) is 3.54. The second-order valence-electron chi connectivity index (χ2n) is 4.71. The molecule has 1 aromatic rings. The number of aliphatic carboxylic acids is 1. The minimum atomic E-state index is -3.73. The predicted octanol–water partition coefficient (Wildman–Crippen LogP) is 0.504. The van der Waals surface area contributed by atoms with Crippen LogP contribution in [-0.4, -0.2) is 35.5 Å². The summed E-state index contributed by atoms with van der Waals surface area (Å²) in [5, 5.41) is 8.80. The fraction of sp³-hybridized carbons (Fsp3) is 0.636. The Bertz CT molecular complexity index is 562. The molecule has 1 fully saturated rings. The second-order valence-corrected chi connectivity index (χ2v) is 6.39. The second kappa shape index (κ2) is 5.30. The number of carboxylic acid groups (broad SMARTS) is 1. The van der Waals surface area contributed by atoms with Crippen molar-refractivity contribution in [3.05, 3.63) is 12.0 Å². The third-order valence-corrected chi connectivity index (χ3v) is 4.52. The molecular weight excluding hydrogens is 270 g/mol. The number of aromatic amines is 1. The molecule has 19 heavy (non-hydrogen) atoms. The summed E-state index contributed by atoms with van der Waals surface area (Å²) in [5.41, 5.74) is 0. The molecule has 8 heteroatoms. The van der Waals surface area contributed by atoms with E-state index in [-0.39, 0.29) is 17.4 Å². The van der Waals surface area contributed by atoms with Crippen LogP contribution in [0.4, 0.5) is 0 Å². The van der Waals surface area contributed by atoms with E-state index < -0.39 is 22.0 Å². The van der Waals surface area contributed by atoms with Crippen LogP contribution in [0, 0.1) is 5.92 Å². The zero-order chi connectivity index (χ0) is 14.0. The molecule has 0 bridgehead atoms. The highest BCUT2D eigenvalue weighted by Crippen LogP contribution is 2.34. The number of imidazole rings is 1. The van der Waals surface area contributed by atoms with Gasteiger partial charge in [0.2, 0.25) is 0 Å². The number of carboxylic acids is 1. The van der Waals surface area contributed by atoms with Gasteiger partial charge in [0.05, 0.1) is 12.6 Å². The van der Waals surface area contributed by atoms with Crippen molar-refractivity contribution < 1.29 is 18.3 Å². The molecule has 106 valence electrons. The van der Waals surface area contributed by atoms with E-state index in [9.17, 15) is 13.2 Å². The van der Waals surface area contributed by atoms with Crippen molar-refractivity contribution in [3.8, 4) is 0 Å². The third-order valence-electron chi connectivity index (χ3n) is 3.12. The van der Waals surface area contributed by atoms with E-state index in [4.69, 9.17) is 5.11 Å². The first-order valence-electron chi connectivity index (χ1n) is 6.20. The molecule has 3 N–H and O–H groups in total. The number of aromatic nitrogens is 2. The van der Waals surface area contributed by atoms with Crippen LogP contribution in [0.25, 0.3) is 0 Å². The highest BCUT2D eigenvalue weighted by Gasteiger charge is 2.36. The number of H-pyrrole nitrogens is 1. The molecule has 0 aromatic carbocycles. The average molecular weight is 287 g/mol. The largest absolute Gasteiger partial charge is 0.481 e. The molecule has 1 aliphatic carbocycles. The van der Waals surface area contributed by atoms with E-state index in [0.717, 1.165) is 12.8 Å². The van der Waals surface area contributed by atoms with E-state index in [2.05, 4.69) is 14.7 Å². The Labute approximate surface area is 111 Å². The van der Waals surface area contributed by atoms with Crippen molar-refractivity contribution in [2.75, 3.05) is 0 Å². The molecule has 0 radical (unpaired) electrons. The fourth-order valence-corrected chi connectivity index (χ4v) is 3.16. The van der Waals surface area contributed by atoms with Crippen molar-refractivity contribution in [1.82, 2.24) is 14.7 Å². The van der Waals surface area contributed by atoms with Gasteiger partial charge in [-0.1, -0.05) is 6.92 Å². The van der Waals surface area contributed by atoms with Crippen LogP contribution in [0.2, 0.25) is 0 Å². The van der Waals surface area contributed by atoms with Crippen LogP contribution in [-0.2, 0) is 21.2 Å². The lowest BCUT2D eigenvalue weighted by Crippen LogP contribution is -2.38. The van der Waals surface area contributed by atoms with Gasteiger partial charge in [-0.15, -0.1) is 0 Å². The number of nitrogens with one attached hydrogen (secondary N) is 2. The molecule has 1 heterocycles. The zero-order valence-corrected chi connectivity index (χ0v) is 11.4. The molecule has 0 saturated heterocycles. The van der Waals surface area contributed by atoms with Crippen LogP contribution in [0.3, 0.4) is 0 Å². The highest BCUT2D eigenvalue weighted by molar-refractivity contribution is 7.89. The summed E-state index contributed by atoms with van der Waals surface area (Å²) in [7, 11) is -3.73. The van der Waals surface area contributed by atoms with Crippen molar-refractivity contribution >= 4 is 16.0 Å². The first kappa shape index (κ1) is 14.0. The Balaban J connectivity index is 2.12. The Kier molecular flexibility index (Phi) is 3.91. The van der Waals surface area contributed by atoms with Crippen molar-refractivity contribution in [3.63, 3.8) is 0 Å². The van der Waals surface area contributed by atoms with E-state index in [1.807, 2.05) is 6.92 Å². The predicted molar refractivity (Wildman–Crippen MR) is 67.1 cm³/mol. The first-order valence-corrected chi connectivity index (χ1v) is 7.68. The molecule has 1 aromatic heterocycles. The lowest BCUT2D eigenvalue weighted by atomic mass is 10.1. The molecule has 1 aliphatic rings. The van der Waals surface area contributed by atoms with Crippen molar-refractivity contribution in [2.45, 2.75) is 43.7 Å². The SMILES string of the molecule is CCc1ncc(S(=O)(=O)NC(CC(=O)O)C2CC2)[nH]1. The van der Waals surface area contributed by atoms with Gasteiger partial charge >= 0.3 is 5.97 Å². The molecule has 1 atom stereocenters. The van der Waals surface area contributed by atoms with E-state index in [1.165, 1.54) is 6.20 Å². The van der Waals surface area contributed by atoms with Gasteiger partial charge in [0.25, 0.3) is 10.0 Å². The summed E-state index contributed by atoms with van der Waals surface area (Å²) in [6.45, 7) is 1.86. The molecule has 0 amide bonds. The molecule has 2 rings (SSSR count). The minimum absolute atomic E-state index is 0.0135. The normalized spacial score (nSPS) is 17.3. The van der Waals surface area contributed by atoms with Crippen LogP contribution in [0.1, 0.15) is 32.0 Å². The van der Waals surface area contributed by atoms with E-state index >= 15 is 0 Å². The Morgan fingerprint density at radius 1 is 1.63 bits per heavy atom.